The van der Waals surface area contributed by atoms with E-state index in [-0.39, 0.29) is 18.3 Å². The van der Waals surface area contributed by atoms with Crippen LogP contribution < -0.4 is 15.8 Å². The molecule has 2 aromatic rings. The van der Waals surface area contributed by atoms with Crippen molar-refractivity contribution in [1.82, 2.24) is 15.5 Å². The van der Waals surface area contributed by atoms with E-state index in [1.807, 2.05) is 31.2 Å². The molecule has 0 atom stereocenters. The Balaban J connectivity index is 1.78. The molecule has 7 nitrogen and oxygen atoms in total. The standard InChI is InChI=1S/C19H25N5O2/c1-12(2)14-7-6-13(3)9-17(14)26-11-18(25)22-8-4-5-16-15(10-20)19(21)24-23-16/h6-7,9,12H,4-5,8,11H2,1-3H3,(H,22,25)(H3,21,23,24). The molecule has 0 radical (unpaired) electrons. The maximum absolute atomic E-state index is 12.0. The molecule has 7 heteroatoms. The quantitative estimate of drug-likeness (QED) is 0.629. The molecular weight excluding hydrogens is 330 g/mol. The highest BCUT2D eigenvalue weighted by atomic mass is 16.5. The van der Waals surface area contributed by atoms with E-state index in [9.17, 15) is 4.79 Å². The first-order valence-corrected chi connectivity index (χ1v) is 8.65. The van der Waals surface area contributed by atoms with E-state index >= 15 is 0 Å². The lowest BCUT2D eigenvalue weighted by Gasteiger charge is -2.14. The number of nitrogens with two attached hydrogens (primary N) is 1. The fourth-order valence-corrected chi connectivity index (χ4v) is 2.63. The number of benzene rings is 1. The van der Waals surface area contributed by atoms with Gasteiger partial charge in [0.05, 0.1) is 5.69 Å². The first-order chi connectivity index (χ1) is 12.4. The second-order valence-corrected chi connectivity index (χ2v) is 6.51. The number of nitriles is 1. The van der Waals surface area contributed by atoms with Crippen molar-refractivity contribution >= 4 is 11.7 Å². The normalized spacial score (nSPS) is 10.6. The van der Waals surface area contributed by atoms with E-state index in [1.54, 1.807) is 0 Å². The van der Waals surface area contributed by atoms with E-state index in [0.29, 0.717) is 36.6 Å². The molecule has 0 aliphatic heterocycles. The Morgan fingerprint density at radius 1 is 1.46 bits per heavy atom. The Bertz CT molecular complexity index is 805. The number of anilines is 1. The van der Waals surface area contributed by atoms with Gasteiger partial charge in [-0.15, -0.1) is 0 Å². The molecule has 1 aromatic carbocycles. The molecule has 1 heterocycles. The highest BCUT2D eigenvalue weighted by molar-refractivity contribution is 5.77. The van der Waals surface area contributed by atoms with Gasteiger partial charge in [0.1, 0.15) is 17.4 Å². The Morgan fingerprint density at radius 3 is 2.92 bits per heavy atom. The van der Waals surface area contributed by atoms with Crippen molar-refractivity contribution in [3.05, 3.63) is 40.6 Å². The van der Waals surface area contributed by atoms with Crippen molar-refractivity contribution in [1.29, 1.82) is 5.26 Å². The number of carbonyl (C=O) groups is 1. The Hall–Kier alpha value is -3.01. The molecule has 0 saturated carbocycles. The summed E-state index contributed by atoms with van der Waals surface area (Å²) in [4.78, 5) is 12.0. The molecule has 0 fully saturated rings. The topological polar surface area (TPSA) is 117 Å². The molecule has 0 saturated heterocycles. The molecule has 0 spiro atoms. The second-order valence-electron chi connectivity index (χ2n) is 6.51. The van der Waals surface area contributed by atoms with E-state index in [4.69, 9.17) is 15.7 Å². The predicted molar refractivity (Wildman–Crippen MR) is 99.8 cm³/mol. The second kappa shape index (κ2) is 8.90. The van der Waals surface area contributed by atoms with Crippen LogP contribution in [0.25, 0.3) is 0 Å². The van der Waals surface area contributed by atoms with Crippen LogP contribution in [0.15, 0.2) is 18.2 Å². The van der Waals surface area contributed by atoms with Gasteiger partial charge in [-0.1, -0.05) is 26.0 Å². The van der Waals surface area contributed by atoms with Crippen molar-refractivity contribution in [3.63, 3.8) is 0 Å². The zero-order valence-corrected chi connectivity index (χ0v) is 15.4. The van der Waals surface area contributed by atoms with Gasteiger partial charge in [-0.3, -0.25) is 9.89 Å². The van der Waals surface area contributed by atoms with E-state index in [0.717, 1.165) is 16.9 Å². The minimum Gasteiger partial charge on any atom is -0.483 e. The van der Waals surface area contributed by atoms with Crippen LogP contribution in [0.5, 0.6) is 5.75 Å². The molecule has 2 rings (SSSR count). The molecule has 4 N–H and O–H groups in total. The lowest BCUT2D eigenvalue weighted by molar-refractivity contribution is -0.123. The highest BCUT2D eigenvalue weighted by Crippen LogP contribution is 2.27. The maximum atomic E-state index is 12.0. The molecule has 0 aliphatic rings. The van der Waals surface area contributed by atoms with Gasteiger partial charge in [0.25, 0.3) is 5.91 Å². The monoisotopic (exact) mass is 355 g/mol. The van der Waals surface area contributed by atoms with Gasteiger partial charge >= 0.3 is 0 Å². The molecule has 0 unspecified atom stereocenters. The van der Waals surface area contributed by atoms with Gasteiger partial charge in [0.15, 0.2) is 12.4 Å². The maximum Gasteiger partial charge on any atom is 0.257 e. The van der Waals surface area contributed by atoms with Gasteiger partial charge in [-0.25, -0.2) is 0 Å². The van der Waals surface area contributed by atoms with E-state index in [2.05, 4.69) is 29.4 Å². The average molecular weight is 355 g/mol. The van der Waals surface area contributed by atoms with Crippen molar-refractivity contribution in [3.8, 4) is 11.8 Å². The summed E-state index contributed by atoms with van der Waals surface area (Å²) in [6.07, 6.45) is 1.26. The van der Waals surface area contributed by atoms with Crippen LogP contribution in [-0.4, -0.2) is 29.3 Å². The van der Waals surface area contributed by atoms with Crippen LogP contribution in [0.4, 0.5) is 5.82 Å². The van der Waals surface area contributed by atoms with Crippen molar-refractivity contribution in [2.24, 2.45) is 0 Å². The third-order valence-electron chi connectivity index (χ3n) is 4.06. The van der Waals surface area contributed by atoms with Crippen molar-refractivity contribution in [2.75, 3.05) is 18.9 Å². The van der Waals surface area contributed by atoms with Gasteiger partial charge in [-0.05, 0) is 42.9 Å². The molecule has 1 amide bonds. The Kier molecular flexibility index (Phi) is 6.61. The SMILES string of the molecule is Cc1ccc(C(C)C)c(OCC(=O)NCCCc2[nH]nc(N)c2C#N)c1. The third kappa shape index (κ3) is 4.99. The van der Waals surface area contributed by atoms with Gasteiger partial charge in [0.2, 0.25) is 0 Å². The largest absolute Gasteiger partial charge is 0.483 e. The van der Waals surface area contributed by atoms with E-state index in [1.165, 1.54) is 0 Å². The summed E-state index contributed by atoms with van der Waals surface area (Å²) < 4.78 is 5.71. The highest BCUT2D eigenvalue weighted by Gasteiger charge is 2.11. The lowest BCUT2D eigenvalue weighted by Crippen LogP contribution is -2.30. The predicted octanol–water partition coefficient (Wildman–Crippen LogP) is 2.42. The summed E-state index contributed by atoms with van der Waals surface area (Å²) >= 11 is 0. The Labute approximate surface area is 153 Å². The van der Waals surface area contributed by atoms with Gasteiger partial charge < -0.3 is 15.8 Å². The number of carbonyl (C=O) groups excluding carboxylic acids is 1. The fourth-order valence-electron chi connectivity index (χ4n) is 2.63. The average Bonchev–Trinajstić information content (AvgIpc) is 2.96. The number of nitrogens with one attached hydrogen (secondary N) is 2. The lowest BCUT2D eigenvalue weighted by atomic mass is 10.0. The number of aromatic nitrogens is 2. The number of rotatable bonds is 8. The van der Waals surface area contributed by atoms with Crippen molar-refractivity contribution < 1.29 is 9.53 Å². The summed E-state index contributed by atoms with van der Waals surface area (Å²) in [6.45, 7) is 6.64. The number of H-pyrrole nitrogens is 1. The van der Waals surface area contributed by atoms with Crippen LogP contribution >= 0.6 is 0 Å². The molecule has 1 aromatic heterocycles. The summed E-state index contributed by atoms with van der Waals surface area (Å²) in [5, 5.41) is 18.4. The number of hydrogen-bond acceptors (Lipinski definition) is 5. The zero-order valence-electron chi connectivity index (χ0n) is 15.4. The first kappa shape index (κ1) is 19.3. The van der Waals surface area contributed by atoms with Gasteiger partial charge in [-0.2, -0.15) is 10.4 Å². The molecule has 0 bridgehead atoms. The number of nitrogens with zero attached hydrogens (tertiary/aromatic N) is 2. The Morgan fingerprint density at radius 2 is 2.23 bits per heavy atom. The van der Waals surface area contributed by atoms with Crippen LogP contribution in [0.2, 0.25) is 0 Å². The van der Waals surface area contributed by atoms with Crippen LogP contribution in [0, 0.1) is 18.3 Å². The zero-order chi connectivity index (χ0) is 19.1. The summed E-state index contributed by atoms with van der Waals surface area (Å²) in [5.74, 6) is 1.11. The number of nitrogen functional groups attached to an aromatic ring is 1. The molecule has 26 heavy (non-hydrogen) atoms. The third-order valence-corrected chi connectivity index (χ3v) is 4.06. The molecular formula is C19H25N5O2. The van der Waals surface area contributed by atoms with Crippen LogP contribution in [0.1, 0.15) is 48.6 Å². The minimum atomic E-state index is -0.175. The van der Waals surface area contributed by atoms with Crippen LogP contribution in [-0.2, 0) is 11.2 Å². The fraction of sp³-hybridized carbons (Fsp3) is 0.421. The molecule has 138 valence electrons. The number of hydrogen-bond donors (Lipinski definition) is 3. The number of amides is 1. The molecule has 0 aliphatic carbocycles. The van der Waals surface area contributed by atoms with Crippen LogP contribution in [0.3, 0.4) is 0 Å². The first-order valence-electron chi connectivity index (χ1n) is 8.65. The van der Waals surface area contributed by atoms with Gasteiger partial charge in [0, 0.05) is 6.54 Å². The summed E-state index contributed by atoms with van der Waals surface area (Å²) in [6, 6.07) is 8.06. The summed E-state index contributed by atoms with van der Waals surface area (Å²) in [5.41, 5.74) is 8.84. The number of ether oxygens (including phenoxy) is 1. The smallest absolute Gasteiger partial charge is 0.257 e. The minimum absolute atomic E-state index is 0.0242. The number of aromatic amines is 1. The summed E-state index contributed by atoms with van der Waals surface area (Å²) in [7, 11) is 0. The van der Waals surface area contributed by atoms with E-state index < -0.39 is 0 Å². The number of aryl methyl sites for hydroxylation is 2. The van der Waals surface area contributed by atoms with Crippen molar-refractivity contribution in [2.45, 2.75) is 39.5 Å².